The van der Waals surface area contributed by atoms with Crippen LogP contribution in [0.4, 0.5) is 0 Å². The fourth-order valence-electron chi connectivity index (χ4n) is 4.70. The van der Waals surface area contributed by atoms with Crippen LogP contribution in [-0.4, -0.2) is 85.4 Å². The molecule has 1 saturated heterocycles. The summed E-state index contributed by atoms with van der Waals surface area (Å²) in [5.74, 6) is -1.31. The molecule has 3 atom stereocenters. The van der Waals surface area contributed by atoms with Crippen LogP contribution in [0.15, 0.2) is 30.3 Å². The number of hydrogen-bond acceptors (Lipinski definition) is 7. The van der Waals surface area contributed by atoms with Gasteiger partial charge in [-0.25, -0.2) is 13.5 Å². The smallest absolute Gasteiger partial charge is 0.233 e. The maximum absolute atomic E-state index is 13.5. The molecule has 0 aliphatic carbocycles. The molecule has 1 fully saturated rings. The predicted octanol–water partition coefficient (Wildman–Crippen LogP) is 2.33. The molecule has 0 radical (unpaired) electrons. The molecule has 2 amide bonds. The number of rotatable bonds is 14. The van der Waals surface area contributed by atoms with E-state index in [1.54, 1.807) is 6.92 Å². The Kier molecular flexibility index (Phi) is 11.7. The Balaban J connectivity index is 2.01. The van der Waals surface area contributed by atoms with Gasteiger partial charge in [0, 0.05) is 44.4 Å². The molecule has 1 heterocycles. The van der Waals surface area contributed by atoms with E-state index in [-0.39, 0.29) is 29.6 Å². The molecule has 9 nitrogen and oxygen atoms in total. The van der Waals surface area contributed by atoms with Crippen LogP contribution in [0.25, 0.3) is 0 Å². The molecule has 0 saturated carbocycles. The van der Waals surface area contributed by atoms with Crippen molar-refractivity contribution in [2.75, 3.05) is 37.7 Å². The van der Waals surface area contributed by atoms with Gasteiger partial charge >= 0.3 is 0 Å². The molecule has 0 aromatic heterocycles. The van der Waals surface area contributed by atoms with E-state index >= 15 is 0 Å². The van der Waals surface area contributed by atoms with E-state index in [2.05, 4.69) is 5.32 Å². The summed E-state index contributed by atoms with van der Waals surface area (Å²) in [5.41, 5.74) is 0.663. The van der Waals surface area contributed by atoms with E-state index in [4.69, 9.17) is 0 Å². The normalized spacial score (nSPS) is 18.4. The largest absolute Gasteiger partial charge is 0.355 e. The average Bonchev–Trinajstić information content (AvgIpc) is 2.85. The van der Waals surface area contributed by atoms with Gasteiger partial charge < -0.3 is 5.32 Å². The third kappa shape index (κ3) is 10.2. The Hall–Kier alpha value is -2.30. The second-order valence-electron chi connectivity index (χ2n) is 11.1. The highest BCUT2D eigenvalue weighted by atomic mass is 32.2. The molecule has 2 N–H and O–H groups in total. The first kappa shape index (κ1) is 30.9. The van der Waals surface area contributed by atoms with E-state index in [0.29, 0.717) is 50.5 Å². The van der Waals surface area contributed by atoms with Crippen LogP contribution in [0.3, 0.4) is 0 Å². The van der Waals surface area contributed by atoms with E-state index in [0.717, 1.165) is 12.0 Å². The third-order valence-electron chi connectivity index (χ3n) is 7.28. The summed E-state index contributed by atoms with van der Waals surface area (Å²) < 4.78 is 23.2. The molecule has 208 valence electrons. The second-order valence-corrected chi connectivity index (χ2v) is 13.4. The lowest BCUT2D eigenvalue weighted by atomic mass is 9.74. The van der Waals surface area contributed by atoms with Crippen LogP contribution in [0.1, 0.15) is 52.5 Å². The first-order chi connectivity index (χ1) is 17.3. The average molecular weight is 538 g/mol. The van der Waals surface area contributed by atoms with Crippen molar-refractivity contribution < 1.29 is 28.0 Å². The van der Waals surface area contributed by atoms with Gasteiger partial charge in [0.15, 0.2) is 9.84 Å². The number of carbonyl (C=O) groups excluding carboxylic acids is 3. The molecule has 2 rings (SSSR count). The predicted molar refractivity (Wildman–Crippen MR) is 143 cm³/mol. The number of ketones is 1. The molecule has 0 bridgehead atoms. The highest BCUT2D eigenvalue weighted by Gasteiger charge is 2.37. The minimum Gasteiger partial charge on any atom is -0.355 e. The minimum absolute atomic E-state index is 0.00430. The highest BCUT2D eigenvalue weighted by Crippen LogP contribution is 2.32. The SMILES string of the molecule is C[C@@H]([C@@H](CCCc1ccccc1)C(=O)C[C@H](C(=O)NCCN1CCS(=O)(=O)CC1)C(C)(C)C)N(O)C=O. The summed E-state index contributed by atoms with van der Waals surface area (Å²) in [7, 11) is -2.96. The number of benzene rings is 1. The summed E-state index contributed by atoms with van der Waals surface area (Å²) in [6, 6.07) is 9.20. The summed E-state index contributed by atoms with van der Waals surface area (Å²) >= 11 is 0. The lowest BCUT2D eigenvalue weighted by Crippen LogP contribution is -2.46. The molecular weight excluding hydrogens is 494 g/mol. The molecule has 1 aromatic carbocycles. The summed E-state index contributed by atoms with van der Waals surface area (Å²) in [6.07, 6.45) is 2.27. The van der Waals surface area contributed by atoms with Crippen molar-refractivity contribution in [3.8, 4) is 0 Å². The molecule has 1 aromatic rings. The highest BCUT2D eigenvalue weighted by molar-refractivity contribution is 7.91. The topological polar surface area (TPSA) is 124 Å². The second kappa shape index (κ2) is 14.0. The number of hydroxylamine groups is 2. The zero-order valence-corrected chi connectivity index (χ0v) is 23.4. The Morgan fingerprint density at radius 2 is 1.78 bits per heavy atom. The van der Waals surface area contributed by atoms with Gasteiger partial charge in [0.1, 0.15) is 5.78 Å². The lowest BCUT2D eigenvalue weighted by molar-refractivity contribution is -0.166. The van der Waals surface area contributed by atoms with Gasteiger partial charge in [0.05, 0.1) is 17.5 Å². The van der Waals surface area contributed by atoms with Gasteiger partial charge in [-0.1, -0.05) is 51.1 Å². The van der Waals surface area contributed by atoms with Crippen LogP contribution in [0, 0.1) is 17.3 Å². The van der Waals surface area contributed by atoms with Crippen LogP contribution in [0.2, 0.25) is 0 Å². The first-order valence-corrected chi connectivity index (χ1v) is 14.9. The monoisotopic (exact) mass is 537 g/mol. The molecule has 1 aliphatic rings. The van der Waals surface area contributed by atoms with Gasteiger partial charge in [-0.15, -0.1) is 0 Å². The molecule has 37 heavy (non-hydrogen) atoms. The van der Waals surface area contributed by atoms with Crippen molar-refractivity contribution in [2.45, 2.75) is 59.4 Å². The Labute approximate surface area is 221 Å². The van der Waals surface area contributed by atoms with Crippen LogP contribution in [0.5, 0.6) is 0 Å². The van der Waals surface area contributed by atoms with Crippen molar-refractivity contribution in [1.82, 2.24) is 15.3 Å². The summed E-state index contributed by atoms with van der Waals surface area (Å²) in [6.45, 7) is 9.21. The van der Waals surface area contributed by atoms with Crippen LogP contribution < -0.4 is 5.32 Å². The number of hydrogen-bond donors (Lipinski definition) is 2. The Morgan fingerprint density at radius 1 is 1.16 bits per heavy atom. The van der Waals surface area contributed by atoms with Crippen molar-refractivity contribution in [2.24, 2.45) is 17.3 Å². The number of aryl methyl sites for hydroxylation is 1. The number of carbonyl (C=O) groups is 3. The van der Waals surface area contributed by atoms with Crippen molar-refractivity contribution in [1.29, 1.82) is 0 Å². The number of Topliss-reactive ketones (excluding diaryl/α,β-unsaturated/α-hetero) is 1. The third-order valence-corrected chi connectivity index (χ3v) is 8.89. The maximum Gasteiger partial charge on any atom is 0.233 e. The Bertz CT molecular complexity index is 979. The fraction of sp³-hybridized carbons (Fsp3) is 0.667. The standard InChI is InChI=1S/C27H43N3O6S/c1-21(30(34)20-31)23(12-8-11-22-9-6-5-7-10-22)25(32)19-24(27(2,3)4)26(33)28-13-14-29-15-17-37(35,36)18-16-29/h5-7,9-10,20-21,23-24,34H,8,11-19H2,1-4H3,(H,28,33)/t21-,23+,24+/m0/s1. The zero-order chi connectivity index (χ0) is 27.6. The van der Waals surface area contributed by atoms with Gasteiger partial charge in [-0.05, 0) is 37.2 Å². The van der Waals surface area contributed by atoms with Gasteiger partial charge in [-0.3, -0.25) is 24.5 Å². The van der Waals surface area contributed by atoms with Gasteiger partial charge in [-0.2, -0.15) is 0 Å². The van der Waals surface area contributed by atoms with Crippen molar-refractivity contribution in [3.05, 3.63) is 35.9 Å². The molecule has 0 unspecified atom stereocenters. The lowest BCUT2D eigenvalue weighted by Gasteiger charge is -2.33. The summed E-state index contributed by atoms with van der Waals surface area (Å²) in [5, 5.41) is 13.5. The van der Waals surface area contributed by atoms with Crippen molar-refractivity contribution in [3.63, 3.8) is 0 Å². The van der Waals surface area contributed by atoms with Gasteiger partial charge in [0.2, 0.25) is 12.3 Å². The Morgan fingerprint density at radius 3 is 2.35 bits per heavy atom. The number of amides is 2. The van der Waals surface area contributed by atoms with E-state index in [9.17, 15) is 28.0 Å². The van der Waals surface area contributed by atoms with E-state index in [1.807, 2.05) is 56.0 Å². The van der Waals surface area contributed by atoms with Crippen LogP contribution in [-0.2, 0) is 30.6 Å². The minimum atomic E-state index is -2.96. The number of nitrogens with one attached hydrogen (secondary N) is 1. The first-order valence-electron chi connectivity index (χ1n) is 13.0. The van der Waals surface area contributed by atoms with E-state index in [1.165, 1.54) is 0 Å². The van der Waals surface area contributed by atoms with Crippen molar-refractivity contribution >= 4 is 27.9 Å². The maximum atomic E-state index is 13.5. The molecule has 10 heteroatoms. The number of nitrogens with zero attached hydrogens (tertiary/aromatic N) is 2. The fourth-order valence-corrected chi connectivity index (χ4v) is 5.98. The quantitative estimate of drug-likeness (QED) is 0.212. The molecular formula is C27H43N3O6S. The number of sulfone groups is 1. The van der Waals surface area contributed by atoms with Gasteiger partial charge in [0.25, 0.3) is 0 Å². The van der Waals surface area contributed by atoms with E-state index < -0.39 is 33.1 Å². The summed E-state index contributed by atoms with van der Waals surface area (Å²) in [4.78, 5) is 39.9. The molecule has 0 spiro atoms. The zero-order valence-electron chi connectivity index (χ0n) is 22.6. The molecule has 1 aliphatic heterocycles. The van der Waals surface area contributed by atoms with Crippen LogP contribution >= 0.6 is 0 Å².